The Balaban J connectivity index is 2.09. The number of hydrogen-bond acceptors (Lipinski definition) is 5. The van der Waals surface area contributed by atoms with E-state index in [-0.39, 0.29) is 0 Å². The molecule has 0 spiro atoms. The predicted octanol–water partition coefficient (Wildman–Crippen LogP) is 1.87. The molecule has 4 nitrogen and oxygen atoms in total. The van der Waals surface area contributed by atoms with Crippen LogP contribution in [-0.2, 0) is 0 Å². The maximum Gasteiger partial charge on any atom is 0.186 e. The van der Waals surface area contributed by atoms with Crippen molar-refractivity contribution in [3.63, 3.8) is 0 Å². The molecule has 0 saturated carbocycles. The molecular formula is C10H12N4S. The molecule has 0 aromatic carbocycles. The maximum atomic E-state index is 5.83. The highest BCUT2D eigenvalue weighted by atomic mass is 32.1. The fourth-order valence-corrected chi connectivity index (χ4v) is 2.92. The Morgan fingerprint density at radius 1 is 1.27 bits per heavy atom. The zero-order valence-electron chi connectivity index (χ0n) is 8.31. The van der Waals surface area contributed by atoms with Gasteiger partial charge in [-0.05, 0) is 12.8 Å². The first-order valence-electron chi connectivity index (χ1n) is 5.09. The molecule has 1 saturated heterocycles. The predicted molar refractivity (Wildman–Crippen MR) is 63.3 cm³/mol. The largest absolute Gasteiger partial charge is 0.396 e. The minimum absolute atomic E-state index is 0.675. The Labute approximate surface area is 91.7 Å². The highest BCUT2D eigenvalue weighted by Crippen LogP contribution is 2.32. The number of rotatable bonds is 1. The van der Waals surface area contributed by atoms with Crippen LogP contribution in [0.5, 0.6) is 0 Å². The molecule has 0 atom stereocenters. The van der Waals surface area contributed by atoms with Crippen LogP contribution in [-0.4, -0.2) is 23.1 Å². The lowest BCUT2D eigenvalue weighted by Gasteiger charge is -2.11. The highest BCUT2D eigenvalue weighted by molar-refractivity contribution is 7.22. The third-order valence-corrected chi connectivity index (χ3v) is 3.75. The van der Waals surface area contributed by atoms with Gasteiger partial charge in [0, 0.05) is 19.3 Å². The third-order valence-electron chi connectivity index (χ3n) is 2.70. The van der Waals surface area contributed by atoms with E-state index in [2.05, 4.69) is 14.9 Å². The summed E-state index contributed by atoms with van der Waals surface area (Å²) in [5, 5.41) is 1.09. The number of pyridine rings is 1. The molecule has 0 unspecified atom stereocenters. The lowest BCUT2D eigenvalue weighted by atomic mass is 10.4. The number of aromatic nitrogens is 2. The van der Waals surface area contributed by atoms with Crippen LogP contribution in [0.3, 0.4) is 0 Å². The van der Waals surface area contributed by atoms with Crippen molar-refractivity contribution in [2.24, 2.45) is 0 Å². The molecule has 1 aliphatic heterocycles. The summed E-state index contributed by atoms with van der Waals surface area (Å²) < 4.78 is 1.08. The molecule has 5 heteroatoms. The molecule has 3 heterocycles. The Morgan fingerprint density at radius 2 is 2.07 bits per heavy atom. The number of thiazole rings is 1. The molecule has 2 aromatic heterocycles. The molecule has 15 heavy (non-hydrogen) atoms. The number of nitrogen functional groups attached to an aromatic ring is 1. The van der Waals surface area contributed by atoms with E-state index in [0.29, 0.717) is 5.69 Å². The molecule has 0 aliphatic carbocycles. The number of hydrogen-bond donors (Lipinski definition) is 1. The number of fused-ring (bicyclic) bond motifs is 1. The summed E-state index contributed by atoms with van der Waals surface area (Å²) in [5.41, 5.74) is 7.41. The van der Waals surface area contributed by atoms with Crippen molar-refractivity contribution >= 4 is 32.4 Å². The molecule has 0 bridgehead atoms. The average molecular weight is 220 g/mol. The zero-order chi connectivity index (χ0) is 10.3. The van der Waals surface area contributed by atoms with Crippen LogP contribution in [0.2, 0.25) is 0 Å². The van der Waals surface area contributed by atoms with E-state index in [0.717, 1.165) is 28.4 Å². The molecule has 1 aliphatic rings. The fourth-order valence-electron chi connectivity index (χ4n) is 1.90. The number of nitrogens with zero attached hydrogens (tertiary/aromatic N) is 3. The third kappa shape index (κ3) is 1.43. The monoisotopic (exact) mass is 220 g/mol. The van der Waals surface area contributed by atoms with Crippen LogP contribution in [0.15, 0.2) is 12.4 Å². The summed E-state index contributed by atoms with van der Waals surface area (Å²) in [5.74, 6) is 0. The Kier molecular flexibility index (Phi) is 1.98. The second-order valence-electron chi connectivity index (χ2n) is 3.77. The number of nitrogens with two attached hydrogens (primary N) is 1. The van der Waals surface area contributed by atoms with Gasteiger partial charge in [0.05, 0.1) is 16.6 Å². The SMILES string of the molecule is Nc1cncc2sc(N3CCCC3)nc12. The van der Waals surface area contributed by atoms with Crippen LogP contribution < -0.4 is 10.6 Å². The summed E-state index contributed by atoms with van der Waals surface area (Å²) in [6.07, 6.45) is 6.03. The van der Waals surface area contributed by atoms with Gasteiger partial charge in [-0.2, -0.15) is 0 Å². The van der Waals surface area contributed by atoms with Crippen LogP contribution in [0.4, 0.5) is 10.8 Å². The molecule has 3 rings (SSSR count). The molecule has 0 radical (unpaired) electrons. The highest BCUT2D eigenvalue weighted by Gasteiger charge is 2.16. The van der Waals surface area contributed by atoms with Gasteiger partial charge >= 0.3 is 0 Å². The first-order valence-corrected chi connectivity index (χ1v) is 5.91. The van der Waals surface area contributed by atoms with Crippen LogP contribution >= 0.6 is 11.3 Å². The van der Waals surface area contributed by atoms with Gasteiger partial charge in [-0.25, -0.2) is 4.98 Å². The normalized spacial score (nSPS) is 16.4. The van der Waals surface area contributed by atoms with Gasteiger partial charge in [0.1, 0.15) is 5.52 Å². The minimum atomic E-state index is 0.675. The van der Waals surface area contributed by atoms with Crippen molar-refractivity contribution in [1.29, 1.82) is 0 Å². The summed E-state index contributed by atoms with van der Waals surface area (Å²) in [4.78, 5) is 11.0. The van der Waals surface area contributed by atoms with E-state index >= 15 is 0 Å². The Bertz CT molecular complexity index is 487. The lowest BCUT2D eigenvalue weighted by Crippen LogP contribution is -2.16. The van der Waals surface area contributed by atoms with Gasteiger partial charge in [0.15, 0.2) is 5.13 Å². The van der Waals surface area contributed by atoms with Crippen molar-refractivity contribution in [3.8, 4) is 0 Å². The minimum Gasteiger partial charge on any atom is -0.396 e. The van der Waals surface area contributed by atoms with Crippen molar-refractivity contribution < 1.29 is 0 Å². The summed E-state index contributed by atoms with van der Waals surface area (Å²) in [6.45, 7) is 2.24. The quantitative estimate of drug-likeness (QED) is 0.797. The van der Waals surface area contributed by atoms with Gasteiger partial charge in [0.25, 0.3) is 0 Å². The number of anilines is 2. The van der Waals surface area contributed by atoms with Crippen LogP contribution in [0, 0.1) is 0 Å². The van der Waals surface area contributed by atoms with Crippen molar-refractivity contribution in [2.45, 2.75) is 12.8 Å². The van der Waals surface area contributed by atoms with Gasteiger partial charge < -0.3 is 10.6 Å². The first kappa shape index (κ1) is 8.91. The molecule has 2 N–H and O–H groups in total. The summed E-state index contributed by atoms with van der Waals surface area (Å²) >= 11 is 1.68. The maximum absolute atomic E-state index is 5.83. The molecular weight excluding hydrogens is 208 g/mol. The van der Waals surface area contributed by atoms with Gasteiger partial charge in [0.2, 0.25) is 0 Å². The van der Waals surface area contributed by atoms with E-state index in [1.54, 1.807) is 17.5 Å². The summed E-state index contributed by atoms with van der Waals surface area (Å²) in [7, 11) is 0. The average Bonchev–Trinajstić information content (AvgIpc) is 2.86. The topological polar surface area (TPSA) is 55.0 Å². The van der Waals surface area contributed by atoms with E-state index in [1.807, 2.05) is 6.20 Å². The first-order chi connectivity index (χ1) is 7.34. The van der Waals surface area contributed by atoms with Gasteiger partial charge in [-0.3, -0.25) is 4.98 Å². The molecule has 2 aromatic rings. The second-order valence-corrected chi connectivity index (χ2v) is 4.78. The Morgan fingerprint density at radius 3 is 2.80 bits per heavy atom. The van der Waals surface area contributed by atoms with Crippen molar-refractivity contribution in [2.75, 3.05) is 23.7 Å². The van der Waals surface area contributed by atoms with Gasteiger partial charge in [-0.1, -0.05) is 11.3 Å². The Hall–Kier alpha value is -1.36. The fraction of sp³-hybridized carbons (Fsp3) is 0.400. The zero-order valence-corrected chi connectivity index (χ0v) is 9.13. The summed E-state index contributed by atoms with van der Waals surface area (Å²) in [6, 6.07) is 0. The van der Waals surface area contributed by atoms with E-state index in [1.165, 1.54) is 12.8 Å². The van der Waals surface area contributed by atoms with Gasteiger partial charge in [-0.15, -0.1) is 0 Å². The lowest BCUT2D eigenvalue weighted by molar-refractivity contribution is 0.949. The smallest absolute Gasteiger partial charge is 0.186 e. The molecule has 0 amide bonds. The van der Waals surface area contributed by atoms with Crippen molar-refractivity contribution in [3.05, 3.63) is 12.4 Å². The molecule has 1 fully saturated rings. The molecule has 78 valence electrons. The van der Waals surface area contributed by atoms with E-state index in [9.17, 15) is 0 Å². The van der Waals surface area contributed by atoms with Crippen LogP contribution in [0.25, 0.3) is 10.2 Å². The van der Waals surface area contributed by atoms with E-state index in [4.69, 9.17) is 5.73 Å². The standard InChI is InChI=1S/C10H12N4S/c11-7-5-12-6-8-9(7)13-10(15-8)14-3-1-2-4-14/h5-6H,1-4,11H2. The van der Waals surface area contributed by atoms with E-state index < -0.39 is 0 Å². The van der Waals surface area contributed by atoms with Crippen LogP contribution in [0.1, 0.15) is 12.8 Å². The van der Waals surface area contributed by atoms with Crippen molar-refractivity contribution in [1.82, 2.24) is 9.97 Å². The second kappa shape index (κ2) is 3.34.